The predicted molar refractivity (Wildman–Crippen MR) is 113 cm³/mol. The van der Waals surface area contributed by atoms with Crippen molar-refractivity contribution in [3.05, 3.63) is 12.2 Å². The van der Waals surface area contributed by atoms with Crippen molar-refractivity contribution >= 4 is 17.8 Å². The molecular formula is C23H38N2O4. The number of amides is 2. The van der Waals surface area contributed by atoms with E-state index in [0.29, 0.717) is 31.2 Å². The first-order valence-corrected chi connectivity index (χ1v) is 11.4. The van der Waals surface area contributed by atoms with E-state index in [-0.39, 0.29) is 24.8 Å². The molecule has 2 saturated carbocycles. The summed E-state index contributed by atoms with van der Waals surface area (Å²) in [5, 5.41) is 14.2. The largest absolute Gasteiger partial charge is 0.481 e. The molecule has 2 aliphatic carbocycles. The van der Waals surface area contributed by atoms with Gasteiger partial charge < -0.3 is 15.7 Å². The molecule has 0 spiro atoms. The molecule has 0 aromatic heterocycles. The second-order valence-electron chi connectivity index (χ2n) is 8.73. The van der Waals surface area contributed by atoms with Gasteiger partial charge in [-0.1, -0.05) is 44.3 Å². The first-order valence-electron chi connectivity index (χ1n) is 11.4. The van der Waals surface area contributed by atoms with Crippen LogP contribution < -0.4 is 10.6 Å². The Morgan fingerprint density at radius 2 is 1.69 bits per heavy atom. The van der Waals surface area contributed by atoms with E-state index in [9.17, 15) is 14.4 Å². The number of carboxylic acids is 1. The lowest BCUT2D eigenvalue weighted by Crippen LogP contribution is -2.37. The molecule has 164 valence electrons. The van der Waals surface area contributed by atoms with Gasteiger partial charge in [0, 0.05) is 19.4 Å². The normalized spacial score (nSPS) is 21.8. The van der Waals surface area contributed by atoms with Crippen LogP contribution in [0.25, 0.3) is 0 Å². The SMILES string of the molecule is O=C(O)CCCC=CC[C@@H]1C[C@@H]1CNC(=O)CNC(=O)CCCC1CCCCC1. The molecule has 3 N–H and O–H groups in total. The Morgan fingerprint density at radius 1 is 0.897 bits per heavy atom. The summed E-state index contributed by atoms with van der Waals surface area (Å²) in [5.41, 5.74) is 0. The van der Waals surface area contributed by atoms with E-state index in [2.05, 4.69) is 22.8 Å². The van der Waals surface area contributed by atoms with Crippen LogP contribution in [-0.2, 0) is 14.4 Å². The van der Waals surface area contributed by atoms with Gasteiger partial charge in [0.15, 0.2) is 0 Å². The topological polar surface area (TPSA) is 95.5 Å². The van der Waals surface area contributed by atoms with Crippen molar-refractivity contribution in [2.45, 2.75) is 83.5 Å². The molecule has 0 aromatic rings. The predicted octanol–water partition coefficient (Wildman–Crippen LogP) is 3.81. The molecule has 2 fully saturated rings. The highest BCUT2D eigenvalue weighted by Crippen LogP contribution is 2.40. The summed E-state index contributed by atoms with van der Waals surface area (Å²) in [6.07, 6.45) is 17.2. The quantitative estimate of drug-likeness (QED) is 0.302. The van der Waals surface area contributed by atoms with Gasteiger partial charge in [-0.15, -0.1) is 0 Å². The van der Waals surface area contributed by atoms with Gasteiger partial charge in [-0.3, -0.25) is 14.4 Å². The standard InChI is InChI=1S/C23H38N2O4/c26-21(13-8-11-18-9-4-3-5-10-18)25-17-22(27)24-16-20-15-19(20)12-6-1-2-7-14-23(28)29/h1,6,18-20H,2-5,7-17H2,(H,24,27)(H,25,26)(H,28,29)/t19-,20-/m1/s1. The van der Waals surface area contributed by atoms with Gasteiger partial charge in [0.25, 0.3) is 0 Å². The Labute approximate surface area is 174 Å². The minimum absolute atomic E-state index is 0.0201. The summed E-state index contributed by atoms with van der Waals surface area (Å²) in [6.45, 7) is 0.747. The molecule has 0 saturated heterocycles. The lowest BCUT2D eigenvalue weighted by atomic mass is 9.86. The number of rotatable bonds is 14. The third-order valence-electron chi connectivity index (χ3n) is 6.18. The van der Waals surface area contributed by atoms with Crippen molar-refractivity contribution in [1.82, 2.24) is 10.6 Å². The molecule has 2 atom stereocenters. The number of unbranched alkanes of at least 4 members (excludes halogenated alkanes) is 1. The number of allylic oxidation sites excluding steroid dienone is 2. The highest BCUT2D eigenvalue weighted by atomic mass is 16.4. The summed E-state index contributed by atoms with van der Waals surface area (Å²) >= 11 is 0. The summed E-state index contributed by atoms with van der Waals surface area (Å²) in [7, 11) is 0. The average Bonchev–Trinajstić information content (AvgIpc) is 3.46. The third kappa shape index (κ3) is 11.1. The fourth-order valence-electron chi connectivity index (χ4n) is 4.21. The minimum atomic E-state index is -0.743. The van der Waals surface area contributed by atoms with Crippen LogP contribution in [0.5, 0.6) is 0 Å². The molecule has 6 heteroatoms. The maximum atomic E-state index is 11.9. The Kier molecular flexibility index (Phi) is 10.8. The fraction of sp³-hybridized carbons (Fsp3) is 0.783. The fourth-order valence-corrected chi connectivity index (χ4v) is 4.21. The summed E-state index contributed by atoms with van der Waals surface area (Å²) in [4.78, 5) is 34.2. The summed E-state index contributed by atoms with van der Waals surface area (Å²) in [6, 6.07) is 0. The molecule has 0 bridgehead atoms. The molecule has 0 radical (unpaired) electrons. The maximum absolute atomic E-state index is 11.9. The molecular weight excluding hydrogens is 368 g/mol. The number of aliphatic carboxylic acids is 1. The van der Waals surface area contributed by atoms with E-state index < -0.39 is 5.97 Å². The zero-order chi connectivity index (χ0) is 20.9. The second-order valence-corrected chi connectivity index (χ2v) is 8.73. The van der Waals surface area contributed by atoms with Crippen LogP contribution in [0, 0.1) is 17.8 Å². The number of hydrogen-bond acceptors (Lipinski definition) is 3. The van der Waals surface area contributed by atoms with Gasteiger partial charge in [-0.25, -0.2) is 0 Å². The molecule has 0 heterocycles. The van der Waals surface area contributed by atoms with E-state index in [1.807, 2.05) is 0 Å². The van der Waals surface area contributed by atoms with Crippen LogP contribution in [0.4, 0.5) is 0 Å². The van der Waals surface area contributed by atoms with Crippen molar-refractivity contribution in [3.63, 3.8) is 0 Å². The number of carbonyl (C=O) groups is 3. The minimum Gasteiger partial charge on any atom is -0.481 e. The molecule has 2 amide bonds. The lowest BCUT2D eigenvalue weighted by molar-refractivity contribution is -0.137. The zero-order valence-corrected chi connectivity index (χ0v) is 17.7. The van der Waals surface area contributed by atoms with Crippen LogP contribution in [-0.4, -0.2) is 36.0 Å². The van der Waals surface area contributed by atoms with Crippen LogP contribution in [0.2, 0.25) is 0 Å². The Bertz CT molecular complexity index is 555. The molecule has 29 heavy (non-hydrogen) atoms. The molecule has 6 nitrogen and oxygen atoms in total. The van der Waals surface area contributed by atoms with E-state index >= 15 is 0 Å². The first kappa shape index (κ1) is 23.4. The van der Waals surface area contributed by atoms with Gasteiger partial charge in [0.05, 0.1) is 6.54 Å². The monoisotopic (exact) mass is 406 g/mol. The van der Waals surface area contributed by atoms with Gasteiger partial charge in [0.2, 0.25) is 11.8 Å². The number of carbonyl (C=O) groups excluding carboxylic acids is 2. The van der Waals surface area contributed by atoms with Crippen LogP contribution in [0.3, 0.4) is 0 Å². The molecule has 2 aliphatic rings. The van der Waals surface area contributed by atoms with Gasteiger partial charge in [-0.2, -0.15) is 0 Å². The summed E-state index contributed by atoms with van der Waals surface area (Å²) in [5.74, 6) is 1.06. The smallest absolute Gasteiger partial charge is 0.303 e. The molecule has 2 rings (SSSR count). The van der Waals surface area contributed by atoms with Crippen molar-refractivity contribution in [3.8, 4) is 0 Å². The van der Waals surface area contributed by atoms with Gasteiger partial charge >= 0.3 is 5.97 Å². The number of nitrogens with one attached hydrogen (secondary N) is 2. The van der Waals surface area contributed by atoms with Crippen LogP contribution in [0.1, 0.15) is 83.5 Å². The number of hydrogen-bond donors (Lipinski definition) is 3. The van der Waals surface area contributed by atoms with Crippen LogP contribution in [0.15, 0.2) is 12.2 Å². The van der Waals surface area contributed by atoms with Crippen molar-refractivity contribution in [2.24, 2.45) is 17.8 Å². The molecule has 0 aliphatic heterocycles. The van der Waals surface area contributed by atoms with Crippen LogP contribution >= 0.6 is 0 Å². The Balaban J connectivity index is 1.42. The van der Waals surface area contributed by atoms with E-state index in [4.69, 9.17) is 5.11 Å². The highest BCUT2D eigenvalue weighted by Gasteiger charge is 2.35. The number of carboxylic acid groups (broad SMARTS) is 1. The third-order valence-corrected chi connectivity index (χ3v) is 6.18. The average molecular weight is 407 g/mol. The maximum Gasteiger partial charge on any atom is 0.303 e. The van der Waals surface area contributed by atoms with Crippen molar-refractivity contribution < 1.29 is 19.5 Å². The summed E-state index contributed by atoms with van der Waals surface area (Å²) < 4.78 is 0. The lowest BCUT2D eigenvalue weighted by Gasteiger charge is -2.21. The van der Waals surface area contributed by atoms with Gasteiger partial charge in [0.1, 0.15) is 0 Å². The van der Waals surface area contributed by atoms with E-state index in [1.165, 1.54) is 32.1 Å². The second kappa shape index (κ2) is 13.4. The van der Waals surface area contributed by atoms with Crippen molar-refractivity contribution in [2.75, 3.05) is 13.1 Å². The zero-order valence-electron chi connectivity index (χ0n) is 17.7. The first-order chi connectivity index (χ1) is 14.0. The van der Waals surface area contributed by atoms with Crippen molar-refractivity contribution in [1.29, 1.82) is 0 Å². The van der Waals surface area contributed by atoms with Gasteiger partial charge in [-0.05, 0) is 56.3 Å². The Morgan fingerprint density at radius 3 is 2.45 bits per heavy atom. The Hall–Kier alpha value is -1.85. The molecule has 0 unspecified atom stereocenters. The van der Waals surface area contributed by atoms with E-state index in [1.54, 1.807) is 0 Å². The highest BCUT2D eigenvalue weighted by molar-refractivity contribution is 5.84. The molecule has 0 aromatic carbocycles. The van der Waals surface area contributed by atoms with E-state index in [0.717, 1.165) is 38.0 Å².